The Morgan fingerprint density at radius 2 is 2.18 bits per heavy atom. The fourth-order valence-electron chi connectivity index (χ4n) is 2.10. The van der Waals surface area contributed by atoms with Gasteiger partial charge in [0.05, 0.1) is 15.9 Å². The summed E-state index contributed by atoms with van der Waals surface area (Å²) < 4.78 is 20.3. The topological polar surface area (TPSA) is 25.2 Å². The molecule has 0 spiro atoms. The zero-order valence-corrected chi connectivity index (χ0v) is 11.7. The standard InChI is InChI=1S/C13H15BrFNO/c1-4-16-8(3)12-7(2)11-10(15)6-5-9(14)13(11)17-12/h5-6,8,16H,4H2,1-3H3. The number of fused-ring (bicyclic) bond motifs is 1. The zero-order chi connectivity index (χ0) is 12.6. The van der Waals surface area contributed by atoms with Gasteiger partial charge in [0, 0.05) is 5.56 Å². The third kappa shape index (κ3) is 2.11. The van der Waals surface area contributed by atoms with Crippen LogP contribution in [0.4, 0.5) is 4.39 Å². The summed E-state index contributed by atoms with van der Waals surface area (Å²) in [6.07, 6.45) is 0. The Balaban J connectivity index is 2.64. The van der Waals surface area contributed by atoms with Crippen LogP contribution >= 0.6 is 15.9 Å². The zero-order valence-electron chi connectivity index (χ0n) is 10.1. The Morgan fingerprint density at radius 3 is 2.76 bits per heavy atom. The van der Waals surface area contributed by atoms with Gasteiger partial charge in [-0.15, -0.1) is 0 Å². The number of halogens is 2. The van der Waals surface area contributed by atoms with Gasteiger partial charge in [0.25, 0.3) is 0 Å². The highest BCUT2D eigenvalue weighted by atomic mass is 79.9. The van der Waals surface area contributed by atoms with Crippen LogP contribution in [0.1, 0.15) is 31.2 Å². The van der Waals surface area contributed by atoms with Crippen LogP contribution in [0.2, 0.25) is 0 Å². The first-order valence-electron chi connectivity index (χ1n) is 5.66. The number of hydrogen-bond acceptors (Lipinski definition) is 2. The fraction of sp³-hybridized carbons (Fsp3) is 0.385. The molecule has 1 N–H and O–H groups in total. The van der Waals surface area contributed by atoms with E-state index >= 15 is 0 Å². The quantitative estimate of drug-likeness (QED) is 0.913. The monoisotopic (exact) mass is 299 g/mol. The van der Waals surface area contributed by atoms with Crippen molar-refractivity contribution >= 4 is 26.9 Å². The molecular formula is C13H15BrFNO. The molecule has 0 aliphatic heterocycles. The molecule has 0 fully saturated rings. The minimum absolute atomic E-state index is 0.0821. The lowest BCUT2D eigenvalue weighted by Crippen LogP contribution is -2.17. The summed E-state index contributed by atoms with van der Waals surface area (Å²) in [7, 11) is 0. The van der Waals surface area contributed by atoms with Gasteiger partial charge in [-0.05, 0) is 48.5 Å². The molecule has 1 atom stereocenters. The van der Waals surface area contributed by atoms with Gasteiger partial charge in [0.15, 0.2) is 5.58 Å². The van der Waals surface area contributed by atoms with E-state index in [0.29, 0.717) is 11.0 Å². The maximum absolute atomic E-state index is 13.8. The maximum Gasteiger partial charge on any atom is 0.151 e. The summed E-state index contributed by atoms with van der Waals surface area (Å²) >= 11 is 3.39. The van der Waals surface area contributed by atoms with E-state index in [9.17, 15) is 4.39 Å². The molecular weight excluding hydrogens is 285 g/mol. The van der Waals surface area contributed by atoms with Crippen LogP contribution in [0.3, 0.4) is 0 Å². The minimum Gasteiger partial charge on any atom is -0.458 e. The second-order valence-corrected chi connectivity index (χ2v) is 4.96. The normalized spacial score (nSPS) is 13.2. The van der Waals surface area contributed by atoms with Gasteiger partial charge < -0.3 is 9.73 Å². The molecule has 17 heavy (non-hydrogen) atoms. The van der Waals surface area contributed by atoms with Crippen LogP contribution in [0.5, 0.6) is 0 Å². The van der Waals surface area contributed by atoms with Crippen LogP contribution in [-0.4, -0.2) is 6.54 Å². The SMILES string of the molecule is CCNC(C)c1oc2c(Br)ccc(F)c2c1C. The molecule has 0 bridgehead atoms. The van der Waals surface area contributed by atoms with Gasteiger partial charge in [0.2, 0.25) is 0 Å². The van der Waals surface area contributed by atoms with Crippen molar-refractivity contribution in [2.24, 2.45) is 0 Å². The Bertz CT molecular complexity index is 550. The number of aryl methyl sites for hydroxylation is 1. The largest absolute Gasteiger partial charge is 0.458 e. The fourth-order valence-corrected chi connectivity index (χ4v) is 2.52. The van der Waals surface area contributed by atoms with Crippen LogP contribution in [0.15, 0.2) is 21.0 Å². The summed E-state index contributed by atoms with van der Waals surface area (Å²) in [5, 5.41) is 3.84. The first kappa shape index (κ1) is 12.6. The van der Waals surface area contributed by atoms with Crippen molar-refractivity contribution < 1.29 is 8.81 Å². The minimum atomic E-state index is -0.237. The number of nitrogens with one attached hydrogen (secondary N) is 1. The van der Waals surface area contributed by atoms with E-state index in [1.54, 1.807) is 6.07 Å². The molecule has 92 valence electrons. The Hall–Kier alpha value is -0.870. The van der Waals surface area contributed by atoms with Crippen molar-refractivity contribution in [1.29, 1.82) is 0 Å². The van der Waals surface area contributed by atoms with E-state index in [0.717, 1.165) is 22.3 Å². The summed E-state index contributed by atoms with van der Waals surface area (Å²) in [5.41, 5.74) is 1.45. The smallest absolute Gasteiger partial charge is 0.151 e. The van der Waals surface area contributed by atoms with Crippen molar-refractivity contribution in [3.63, 3.8) is 0 Å². The Kier molecular flexibility index (Phi) is 3.54. The van der Waals surface area contributed by atoms with Crippen molar-refractivity contribution in [2.45, 2.75) is 26.8 Å². The molecule has 1 aromatic heterocycles. The lowest BCUT2D eigenvalue weighted by molar-refractivity contribution is 0.455. The maximum atomic E-state index is 13.8. The molecule has 1 unspecified atom stereocenters. The molecule has 0 saturated carbocycles. The van der Waals surface area contributed by atoms with Gasteiger partial charge in [-0.25, -0.2) is 4.39 Å². The number of hydrogen-bond donors (Lipinski definition) is 1. The second kappa shape index (κ2) is 4.78. The van der Waals surface area contributed by atoms with Gasteiger partial charge >= 0.3 is 0 Å². The molecule has 2 aromatic rings. The molecule has 1 aromatic carbocycles. The van der Waals surface area contributed by atoms with Crippen molar-refractivity contribution in [2.75, 3.05) is 6.54 Å². The van der Waals surface area contributed by atoms with Crippen LogP contribution in [-0.2, 0) is 0 Å². The highest BCUT2D eigenvalue weighted by Crippen LogP contribution is 2.35. The number of rotatable bonds is 3. The van der Waals surface area contributed by atoms with Gasteiger partial charge in [-0.1, -0.05) is 6.92 Å². The van der Waals surface area contributed by atoms with E-state index in [4.69, 9.17) is 4.42 Å². The van der Waals surface area contributed by atoms with E-state index in [1.165, 1.54) is 6.07 Å². The van der Waals surface area contributed by atoms with Gasteiger partial charge in [-0.3, -0.25) is 0 Å². The van der Waals surface area contributed by atoms with Crippen molar-refractivity contribution in [3.05, 3.63) is 33.7 Å². The summed E-state index contributed by atoms with van der Waals surface area (Å²) in [6, 6.07) is 3.21. The van der Waals surface area contributed by atoms with Crippen molar-refractivity contribution in [1.82, 2.24) is 5.32 Å². The average molecular weight is 300 g/mol. The van der Waals surface area contributed by atoms with Crippen LogP contribution in [0, 0.1) is 12.7 Å². The molecule has 0 aliphatic carbocycles. The summed E-state index contributed by atoms with van der Waals surface area (Å²) in [4.78, 5) is 0. The molecule has 0 radical (unpaired) electrons. The number of benzene rings is 1. The third-order valence-corrected chi connectivity index (χ3v) is 3.54. The highest BCUT2D eigenvalue weighted by molar-refractivity contribution is 9.10. The van der Waals surface area contributed by atoms with Gasteiger partial charge in [0.1, 0.15) is 11.6 Å². The second-order valence-electron chi connectivity index (χ2n) is 4.10. The summed E-state index contributed by atoms with van der Waals surface area (Å²) in [6.45, 7) is 6.79. The molecule has 0 amide bonds. The lowest BCUT2D eigenvalue weighted by atomic mass is 10.1. The van der Waals surface area contributed by atoms with E-state index in [1.807, 2.05) is 20.8 Å². The predicted molar refractivity (Wildman–Crippen MR) is 70.7 cm³/mol. The van der Waals surface area contributed by atoms with E-state index in [-0.39, 0.29) is 11.9 Å². The predicted octanol–water partition coefficient (Wildman–Crippen LogP) is 4.31. The van der Waals surface area contributed by atoms with Crippen LogP contribution in [0.25, 0.3) is 11.0 Å². The Morgan fingerprint density at radius 1 is 1.47 bits per heavy atom. The molecule has 4 heteroatoms. The Labute approximate surface area is 108 Å². The molecule has 2 rings (SSSR count). The number of furan rings is 1. The molecule has 2 nitrogen and oxygen atoms in total. The highest BCUT2D eigenvalue weighted by Gasteiger charge is 2.19. The first-order valence-corrected chi connectivity index (χ1v) is 6.46. The average Bonchev–Trinajstić information content (AvgIpc) is 2.63. The summed E-state index contributed by atoms with van der Waals surface area (Å²) in [5.74, 6) is 0.562. The van der Waals surface area contributed by atoms with Crippen LogP contribution < -0.4 is 5.32 Å². The van der Waals surface area contributed by atoms with Crippen molar-refractivity contribution in [3.8, 4) is 0 Å². The molecule has 0 saturated heterocycles. The third-order valence-electron chi connectivity index (χ3n) is 2.92. The van der Waals surface area contributed by atoms with E-state index in [2.05, 4.69) is 21.2 Å². The molecule has 0 aliphatic rings. The molecule has 1 heterocycles. The van der Waals surface area contributed by atoms with E-state index < -0.39 is 0 Å². The lowest BCUT2D eigenvalue weighted by Gasteiger charge is -2.09. The first-order chi connectivity index (χ1) is 8.06. The van der Waals surface area contributed by atoms with Gasteiger partial charge in [-0.2, -0.15) is 0 Å².